The first-order valence-corrected chi connectivity index (χ1v) is 12.9. The van der Waals surface area contributed by atoms with Gasteiger partial charge < -0.3 is 14.5 Å². The number of rotatable bonds is 9. The second-order valence-electron chi connectivity index (χ2n) is 8.21. The summed E-state index contributed by atoms with van der Waals surface area (Å²) < 4.78 is 5.46. The van der Waals surface area contributed by atoms with Crippen LogP contribution >= 0.6 is 22.9 Å². The van der Waals surface area contributed by atoms with Gasteiger partial charge in [-0.05, 0) is 54.5 Å². The summed E-state index contributed by atoms with van der Waals surface area (Å²) >= 11 is 8.05. The van der Waals surface area contributed by atoms with Crippen LogP contribution in [0.2, 0.25) is 5.02 Å². The average Bonchev–Trinajstić information content (AvgIpc) is 3.34. The van der Waals surface area contributed by atoms with Crippen molar-refractivity contribution in [1.29, 1.82) is 0 Å². The van der Waals surface area contributed by atoms with E-state index in [2.05, 4.69) is 23.6 Å². The zero-order chi connectivity index (χ0) is 23.9. The average molecular weight is 497 g/mol. The molecule has 0 bridgehead atoms. The molecule has 7 heteroatoms. The number of fused-ring (bicyclic) bond motifs is 1. The Morgan fingerprint density at radius 3 is 2.65 bits per heavy atom. The smallest absolute Gasteiger partial charge is 0.255 e. The van der Waals surface area contributed by atoms with Crippen molar-refractivity contribution in [2.45, 2.75) is 25.8 Å². The SMILES string of the molecule is CCOCCCN(CC(=O)N1CCc2sccc2C1c1ccccc1)C(=O)c1ccccc1Cl. The van der Waals surface area contributed by atoms with Gasteiger partial charge in [0.15, 0.2) is 0 Å². The van der Waals surface area contributed by atoms with Crippen LogP contribution in [0, 0.1) is 0 Å². The maximum Gasteiger partial charge on any atom is 0.255 e. The molecule has 5 nitrogen and oxygen atoms in total. The number of hydrogen-bond acceptors (Lipinski definition) is 4. The Balaban J connectivity index is 1.58. The molecule has 178 valence electrons. The number of hydrogen-bond donors (Lipinski definition) is 0. The summed E-state index contributed by atoms with van der Waals surface area (Å²) in [7, 11) is 0. The minimum absolute atomic E-state index is 0.00101. The van der Waals surface area contributed by atoms with E-state index in [-0.39, 0.29) is 24.4 Å². The first-order valence-electron chi connectivity index (χ1n) is 11.6. The van der Waals surface area contributed by atoms with E-state index < -0.39 is 0 Å². The Bertz CT molecular complexity index is 1120. The van der Waals surface area contributed by atoms with Gasteiger partial charge in [-0.25, -0.2) is 0 Å². The predicted molar refractivity (Wildman–Crippen MR) is 136 cm³/mol. The lowest BCUT2D eigenvalue weighted by Gasteiger charge is -2.37. The fraction of sp³-hybridized carbons (Fsp3) is 0.333. The highest BCUT2D eigenvalue weighted by molar-refractivity contribution is 7.10. The Morgan fingerprint density at radius 1 is 1.12 bits per heavy atom. The first kappa shape index (κ1) is 24.5. The van der Waals surface area contributed by atoms with Gasteiger partial charge in [-0.3, -0.25) is 9.59 Å². The van der Waals surface area contributed by atoms with Crippen molar-refractivity contribution in [3.63, 3.8) is 0 Å². The third-order valence-corrected chi connectivity index (χ3v) is 7.37. The molecule has 4 rings (SSSR count). The number of ether oxygens (including phenoxy) is 1. The Labute approximate surface area is 209 Å². The fourth-order valence-corrected chi connectivity index (χ4v) is 5.51. The lowest BCUT2D eigenvalue weighted by atomic mass is 9.93. The largest absolute Gasteiger partial charge is 0.382 e. The minimum atomic E-state index is -0.236. The van der Waals surface area contributed by atoms with Crippen LogP contribution in [0.15, 0.2) is 66.0 Å². The molecule has 0 N–H and O–H groups in total. The number of halogens is 1. The number of amides is 2. The lowest BCUT2D eigenvalue weighted by molar-refractivity contribution is -0.134. The van der Waals surface area contributed by atoms with Crippen LogP contribution in [0.4, 0.5) is 0 Å². The third kappa shape index (κ3) is 5.52. The molecule has 0 saturated heterocycles. The van der Waals surface area contributed by atoms with E-state index in [1.54, 1.807) is 40.5 Å². The number of nitrogens with zero attached hydrogens (tertiary/aromatic N) is 2. The maximum atomic E-state index is 13.7. The van der Waals surface area contributed by atoms with E-state index in [9.17, 15) is 9.59 Å². The molecule has 2 aromatic carbocycles. The highest BCUT2D eigenvalue weighted by Gasteiger charge is 2.34. The molecular formula is C27H29ClN2O3S. The van der Waals surface area contributed by atoms with Crippen LogP contribution in [0.1, 0.15) is 45.7 Å². The maximum absolute atomic E-state index is 13.7. The third-order valence-electron chi connectivity index (χ3n) is 6.04. The molecule has 0 spiro atoms. The molecule has 1 aromatic heterocycles. The van der Waals surface area contributed by atoms with Crippen LogP contribution in [-0.4, -0.2) is 54.5 Å². The van der Waals surface area contributed by atoms with Crippen LogP contribution in [0.5, 0.6) is 0 Å². The number of benzene rings is 2. The van der Waals surface area contributed by atoms with Gasteiger partial charge in [0.25, 0.3) is 5.91 Å². The Morgan fingerprint density at radius 2 is 1.88 bits per heavy atom. The van der Waals surface area contributed by atoms with Gasteiger partial charge in [0.05, 0.1) is 16.6 Å². The second kappa shape index (κ2) is 11.6. The predicted octanol–water partition coefficient (Wildman–Crippen LogP) is 5.44. The molecule has 0 aliphatic carbocycles. The van der Waals surface area contributed by atoms with Crippen LogP contribution in [0.3, 0.4) is 0 Å². The second-order valence-corrected chi connectivity index (χ2v) is 9.61. The Kier molecular flexibility index (Phi) is 8.38. The lowest BCUT2D eigenvalue weighted by Crippen LogP contribution is -2.47. The Hall–Kier alpha value is -2.67. The molecule has 34 heavy (non-hydrogen) atoms. The topological polar surface area (TPSA) is 49.9 Å². The highest BCUT2D eigenvalue weighted by Crippen LogP contribution is 2.37. The quantitative estimate of drug-likeness (QED) is 0.370. The van der Waals surface area contributed by atoms with Gasteiger partial charge in [-0.15, -0.1) is 11.3 Å². The van der Waals surface area contributed by atoms with E-state index in [0.29, 0.717) is 43.3 Å². The zero-order valence-electron chi connectivity index (χ0n) is 19.3. The van der Waals surface area contributed by atoms with Crippen molar-refractivity contribution < 1.29 is 14.3 Å². The van der Waals surface area contributed by atoms with Crippen LogP contribution < -0.4 is 0 Å². The summed E-state index contributed by atoms with van der Waals surface area (Å²) in [5.74, 6) is -0.303. The first-order chi connectivity index (χ1) is 16.6. The number of thiophene rings is 1. The van der Waals surface area contributed by atoms with Gasteiger partial charge in [-0.2, -0.15) is 0 Å². The van der Waals surface area contributed by atoms with E-state index >= 15 is 0 Å². The number of carbonyl (C=O) groups is 2. The minimum Gasteiger partial charge on any atom is -0.382 e. The van der Waals surface area contributed by atoms with E-state index in [1.807, 2.05) is 30.0 Å². The number of carbonyl (C=O) groups excluding carboxylic acids is 2. The summed E-state index contributed by atoms with van der Waals surface area (Å²) in [5.41, 5.74) is 2.67. The molecule has 0 radical (unpaired) electrons. The van der Waals surface area contributed by atoms with E-state index in [4.69, 9.17) is 16.3 Å². The fourth-order valence-electron chi connectivity index (χ4n) is 4.39. The van der Waals surface area contributed by atoms with Crippen molar-refractivity contribution in [2.75, 3.05) is 32.8 Å². The molecule has 2 amide bonds. The zero-order valence-corrected chi connectivity index (χ0v) is 20.9. The van der Waals surface area contributed by atoms with Crippen LogP contribution in [-0.2, 0) is 16.0 Å². The van der Waals surface area contributed by atoms with Crippen molar-refractivity contribution in [3.05, 3.63) is 92.6 Å². The van der Waals surface area contributed by atoms with Gasteiger partial charge in [0.2, 0.25) is 5.91 Å². The molecule has 1 atom stereocenters. The van der Waals surface area contributed by atoms with Crippen molar-refractivity contribution in [2.24, 2.45) is 0 Å². The van der Waals surface area contributed by atoms with E-state index in [1.165, 1.54) is 10.4 Å². The summed E-state index contributed by atoms with van der Waals surface area (Å²) in [6, 6.07) is 19.1. The molecule has 0 fully saturated rings. The molecule has 0 saturated carbocycles. The van der Waals surface area contributed by atoms with E-state index in [0.717, 1.165) is 12.0 Å². The standard InChI is InChI=1S/C27H29ClN2O3S/c1-2-33-17-8-15-29(27(32)21-11-6-7-12-23(21)28)19-25(31)30-16-13-24-22(14-18-34-24)26(30)20-9-4-3-5-10-20/h3-7,9-12,14,18,26H,2,8,13,15-17,19H2,1H3. The van der Waals surface area contributed by atoms with Crippen molar-refractivity contribution in [3.8, 4) is 0 Å². The summed E-state index contributed by atoms with van der Waals surface area (Å²) in [6.07, 6.45) is 1.47. The van der Waals surface area contributed by atoms with Gasteiger partial charge in [0, 0.05) is 31.2 Å². The molecule has 3 aromatic rings. The van der Waals surface area contributed by atoms with Gasteiger partial charge in [0.1, 0.15) is 6.54 Å². The van der Waals surface area contributed by atoms with Crippen molar-refractivity contribution in [1.82, 2.24) is 9.80 Å². The molecule has 2 heterocycles. The molecule has 1 unspecified atom stereocenters. The highest BCUT2D eigenvalue weighted by atomic mass is 35.5. The summed E-state index contributed by atoms with van der Waals surface area (Å²) in [6.45, 7) is 4.13. The van der Waals surface area contributed by atoms with Gasteiger partial charge in [-0.1, -0.05) is 54.1 Å². The summed E-state index contributed by atoms with van der Waals surface area (Å²) in [4.78, 5) is 31.9. The molecule has 1 aliphatic heterocycles. The van der Waals surface area contributed by atoms with Crippen molar-refractivity contribution >= 4 is 34.8 Å². The van der Waals surface area contributed by atoms with Gasteiger partial charge >= 0.3 is 0 Å². The molecular weight excluding hydrogens is 468 g/mol. The normalized spacial score (nSPS) is 15.1. The monoisotopic (exact) mass is 496 g/mol. The molecule has 1 aliphatic rings. The van der Waals surface area contributed by atoms with Crippen LogP contribution in [0.25, 0.3) is 0 Å². The summed E-state index contributed by atoms with van der Waals surface area (Å²) in [5, 5.41) is 2.48.